The molecule has 6 nitrogen and oxygen atoms in total. The number of carboxylic acids is 2. The van der Waals surface area contributed by atoms with Crippen LogP contribution in [0.3, 0.4) is 0 Å². The van der Waals surface area contributed by atoms with Gasteiger partial charge in [0.15, 0.2) is 0 Å². The largest absolute Gasteiger partial charge is 0.480 e. The van der Waals surface area contributed by atoms with Gasteiger partial charge in [0.25, 0.3) is 0 Å². The van der Waals surface area contributed by atoms with E-state index in [1.165, 1.54) is 161 Å². The summed E-state index contributed by atoms with van der Waals surface area (Å²) in [6, 6.07) is 0. The summed E-state index contributed by atoms with van der Waals surface area (Å²) in [4.78, 5) is 24.8. The Morgan fingerprint density at radius 1 is 0.417 bits per heavy atom. The van der Waals surface area contributed by atoms with Gasteiger partial charge in [-0.05, 0) is 72.1 Å². The molecule has 6 heteroatoms. The second-order valence-corrected chi connectivity index (χ2v) is 14.2. The van der Waals surface area contributed by atoms with E-state index in [9.17, 15) is 9.59 Å². The van der Waals surface area contributed by atoms with E-state index in [1.54, 1.807) is 0 Å². The monoisotopic (exact) mass is 679 g/mol. The van der Waals surface area contributed by atoms with Crippen LogP contribution in [0.5, 0.6) is 0 Å². The lowest BCUT2D eigenvalue weighted by Gasteiger charge is -2.13. The molecule has 0 aromatic carbocycles. The molecule has 0 rings (SSSR count). The summed E-state index contributed by atoms with van der Waals surface area (Å²) in [7, 11) is 3.76. The van der Waals surface area contributed by atoms with Gasteiger partial charge in [-0.1, -0.05) is 173 Å². The molecule has 2 N–H and O–H groups in total. The average molecular weight is 679 g/mol. The number of likely N-dealkylation sites (N-methyl/N-ethyl adjacent to an activating group) is 2. The predicted octanol–water partition coefficient (Wildman–Crippen LogP) is 12.1. The Labute approximate surface area is 299 Å². The summed E-state index contributed by atoms with van der Waals surface area (Å²) in [6.45, 7) is 6.64. The highest BCUT2D eigenvalue weighted by molar-refractivity contribution is 5.69. The van der Waals surface area contributed by atoms with Gasteiger partial charge in [-0.25, -0.2) is 0 Å². The van der Waals surface area contributed by atoms with E-state index in [-0.39, 0.29) is 13.1 Å². The van der Waals surface area contributed by atoms with Gasteiger partial charge in [-0.3, -0.25) is 19.4 Å². The zero-order chi connectivity index (χ0) is 35.8. The quantitative estimate of drug-likeness (QED) is 0.0507. The zero-order valence-corrected chi connectivity index (χ0v) is 32.5. The molecule has 0 aliphatic heterocycles. The number of unbranched alkanes of at least 4 members (excludes halogenated alkanes) is 24. The Hall–Kier alpha value is -1.66. The Morgan fingerprint density at radius 3 is 1.02 bits per heavy atom. The molecule has 0 unspecified atom stereocenters. The normalized spacial score (nSPS) is 11.6. The fraction of sp³-hybridized carbons (Fsp3) is 0.857. The van der Waals surface area contributed by atoms with Gasteiger partial charge >= 0.3 is 11.9 Å². The van der Waals surface area contributed by atoms with E-state index in [1.807, 2.05) is 23.9 Å². The van der Waals surface area contributed by atoms with Crippen LogP contribution in [0.15, 0.2) is 24.3 Å². The summed E-state index contributed by atoms with van der Waals surface area (Å²) in [5.41, 5.74) is 0. The molecule has 48 heavy (non-hydrogen) atoms. The van der Waals surface area contributed by atoms with E-state index < -0.39 is 11.9 Å². The minimum atomic E-state index is -0.738. The van der Waals surface area contributed by atoms with Gasteiger partial charge in [-0.15, -0.1) is 0 Å². The third kappa shape index (κ3) is 46.5. The van der Waals surface area contributed by atoms with Crippen LogP contribution >= 0.6 is 0 Å². The van der Waals surface area contributed by atoms with E-state index in [4.69, 9.17) is 10.2 Å². The second-order valence-electron chi connectivity index (χ2n) is 14.2. The minimum absolute atomic E-state index is 0.153. The first kappa shape index (κ1) is 48.5. The highest BCUT2D eigenvalue weighted by Gasteiger charge is 2.04. The van der Waals surface area contributed by atoms with Crippen LogP contribution in [-0.4, -0.2) is 72.2 Å². The topological polar surface area (TPSA) is 81.1 Å². The van der Waals surface area contributed by atoms with E-state index in [2.05, 4.69) is 38.2 Å². The maximum atomic E-state index is 10.5. The standard InChI is InChI=1S/C21H43NO2.C21H39NO2/c2*1-3-4-5-6-7-8-9-10-11-12-13-14-15-16-17-18-19-22(2)20-21(23)24/h3-20H2,1-2H3,(H,23,24);7-8,10-11H,3-6,9,12-20H2,1-2H3,(H,23,24)/b;8-7-,11-10-. The number of hydrogen-bond donors (Lipinski definition) is 2. The van der Waals surface area contributed by atoms with Gasteiger partial charge in [0, 0.05) is 0 Å². The molecule has 0 heterocycles. The SMILES string of the molecule is CCCCC/C=C\C/C=C\CCCCCCCCN(C)CC(=O)O.CCCCCCCCCCCCCCCCCCN(C)CC(=O)O. The van der Waals surface area contributed by atoms with Crippen LogP contribution < -0.4 is 0 Å². The maximum Gasteiger partial charge on any atom is 0.317 e. The molecule has 0 saturated carbocycles. The van der Waals surface area contributed by atoms with Gasteiger partial charge in [0.05, 0.1) is 13.1 Å². The highest BCUT2D eigenvalue weighted by atomic mass is 16.4. The molecular formula is C42H82N2O4. The van der Waals surface area contributed by atoms with Crippen molar-refractivity contribution in [3.05, 3.63) is 24.3 Å². The summed E-state index contributed by atoms with van der Waals surface area (Å²) < 4.78 is 0. The molecule has 0 aliphatic rings. The van der Waals surface area contributed by atoms with Gasteiger partial charge in [0.2, 0.25) is 0 Å². The molecule has 0 radical (unpaired) electrons. The van der Waals surface area contributed by atoms with E-state index >= 15 is 0 Å². The first-order valence-corrected chi connectivity index (χ1v) is 20.4. The van der Waals surface area contributed by atoms with Crippen molar-refractivity contribution in [3.63, 3.8) is 0 Å². The molecule has 0 bridgehead atoms. The summed E-state index contributed by atoms with van der Waals surface area (Å²) >= 11 is 0. The number of rotatable bonds is 36. The number of aliphatic carboxylic acids is 2. The maximum absolute atomic E-state index is 10.5. The molecular weight excluding hydrogens is 596 g/mol. The molecule has 0 aromatic rings. The fourth-order valence-electron chi connectivity index (χ4n) is 5.92. The molecule has 0 fully saturated rings. The number of allylic oxidation sites excluding steroid dienone is 4. The Kier molecular flexibility index (Phi) is 41.9. The van der Waals surface area contributed by atoms with Crippen molar-refractivity contribution in [2.45, 2.75) is 194 Å². The molecule has 0 aromatic heterocycles. The van der Waals surface area contributed by atoms with Crippen LogP contribution in [0.4, 0.5) is 0 Å². The first-order chi connectivity index (χ1) is 23.3. The molecule has 284 valence electrons. The number of carbonyl (C=O) groups is 2. The van der Waals surface area contributed by atoms with Crippen molar-refractivity contribution in [2.75, 3.05) is 40.3 Å². The molecule has 0 saturated heterocycles. The summed E-state index contributed by atoms with van der Waals surface area (Å²) in [5.74, 6) is -1.47. The number of carboxylic acid groups (broad SMARTS) is 2. The first-order valence-electron chi connectivity index (χ1n) is 20.4. The van der Waals surface area contributed by atoms with Crippen LogP contribution in [0.25, 0.3) is 0 Å². The Bertz CT molecular complexity index is 724. The van der Waals surface area contributed by atoms with Crippen molar-refractivity contribution >= 4 is 11.9 Å². The second kappa shape index (κ2) is 41.5. The van der Waals surface area contributed by atoms with Gasteiger partial charge < -0.3 is 10.2 Å². The number of nitrogens with zero attached hydrogens (tertiary/aromatic N) is 2. The number of hydrogen-bond acceptors (Lipinski definition) is 4. The van der Waals surface area contributed by atoms with Crippen molar-refractivity contribution < 1.29 is 19.8 Å². The predicted molar refractivity (Wildman–Crippen MR) is 209 cm³/mol. The third-order valence-corrected chi connectivity index (χ3v) is 8.94. The molecule has 0 spiro atoms. The third-order valence-electron chi connectivity index (χ3n) is 8.94. The van der Waals surface area contributed by atoms with E-state index in [0.717, 1.165) is 32.4 Å². The van der Waals surface area contributed by atoms with Crippen molar-refractivity contribution in [1.82, 2.24) is 9.80 Å². The highest BCUT2D eigenvalue weighted by Crippen LogP contribution is 2.14. The average Bonchev–Trinajstić information content (AvgIpc) is 3.04. The van der Waals surface area contributed by atoms with Gasteiger partial charge in [0.1, 0.15) is 0 Å². The molecule has 0 atom stereocenters. The molecule has 0 aliphatic carbocycles. The van der Waals surface area contributed by atoms with Crippen molar-refractivity contribution in [1.29, 1.82) is 0 Å². The van der Waals surface area contributed by atoms with Crippen LogP contribution in [0.1, 0.15) is 194 Å². The van der Waals surface area contributed by atoms with Crippen LogP contribution in [-0.2, 0) is 9.59 Å². The summed E-state index contributed by atoms with van der Waals surface area (Å²) in [5, 5.41) is 17.3. The van der Waals surface area contributed by atoms with Gasteiger partial charge in [-0.2, -0.15) is 0 Å². The zero-order valence-electron chi connectivity index (χ0n) is 32.5. The smallest absolute Gasteiger partial charge is 0.317 e. The van der Waals surface area contributed by atoms with Crippen molar-refractivity contribution in [2.24, 2.45) is 0 Å². The minimum Gasteiger partial charge on any atom is -0.480 e. The Balaban J connectivity index is 0. The molecule has 0 amide bonds. The van der Waals surface area contributed by atoms with E-state index in [0.29, 0.717) is 0 Å². The van der Waals surface area contributed by atoms with Crippen LogP contribution in [0.2, 0.25) is 0 Å². The lowest BCUT2D eigenvalue weighted by molar-refractivity contribution is -0.139. The van der Waals surface area contributed by atoms with Crippen LogP contribution in [0, 0.1) is 0 Å². The Morgan fingerprint density at radius 2 is 0.688 bits per heavy atom. The summed E-state index contributed by atoms with van der Waals surface area (Å²) in [6.07, 6.45) is 46.2. The lowest BCUT2D eigenvalue weighted by atomic mass is 10.0. The lowest BCUT2D eigenvalue weighted by Crippen LogP contribution is -2.26. The van der Waals surface area contributed by atoms with Crippen molar-refractivity contribution in [3.8, 4) is 0 Å². The fourth-order valence-corrected chi connectivity index (χ4v) is 5.92.